The van der Waals surface area contributed by atoms with Crippen molar-refractivity contribution < 1.29 is 32.9 Å². The minimum Gasteiger partial charge on any atom is -0.756 e. The molecule has 0 radical (unpaired) electrons. The topological polar surface area (TPSA) is 108 Å². The van der Waals surface area contributed by atoms with Crippen LogP contribution in [0.3, 0.4) is 0 Å². The van der Waals surface area contributed by atoms with Crippen molar-refractivity contribution in [1.29, 1.82) is 0 Å². The smallest absolute Gasteiger partial charge is 0.268 e. The molecule has 0 aromatic heterocycles. The maximum Gasteiger partial charge on any atom is 0.268 e. The van der Waals surface area contributed by atoms with Gasteiger partial charge in [-0.15, -0.1) is 0 Å². The molecular weight excluding hydrogens is 912 g/mol. The van der Waals surface area contributed by atoms with Crippen molar-refractivity contribution >= 4 is 13.7 Å². The molecule has 9 heteroatoms. The number of aliphatic hydroxyl groups is 1. The van der Waals surface area contributed by atoms with Crippen molar-refractivity contribution in [1.82, 2.24) is 5.32 Å². The van der Waals surface area contributed by atoms with Crippen LogP contribution < -0.4 is 10.2 Å². The lowest BCUT2D eigenvalue weighted by Crippen LogP contribution is -2.45. The van der Waals surface area contributed by atoms with E-state index in [0.29, 0.717) is 17.4 Å². The number of likely N-dealkylation sites (N-methyl/N-ethyl adjacent to an activating group) is 1. The summed E-state index contributed by atoms with van der Waals surface area (Å²) in [5.74, 6) is -0.210. The minimum absolute atomic E-state index is 0.00780. The van der Waals surface area contributed by atoms with Gasteiger partial charge in [0.1, 0.15) is 13.2 Å². The van der Waals surface area contributed by atoms with Crippen LogP contribution in [0.5, 0.6) is 0 Å². The number of allylic oxidation sites excluding steroid dienone is 7. The SMILES string of the molecule is CCCCC/C=C\C/C=C\CCCCCCCCCCCC(=O)NC(COP(=O)([O-])OCC[N+](C)(C)C)C(O)/C=C/CC/C=C/CCCCCCCCCCCCCCCCCCCCCCCCCCC. The summed E-state index contributed by atoms with van der Waals surface area (Å²) in [4.78, 5) is 25.5. The summed E-state index contributed by atoms with van der Waals surface area (Å²) in [5, 5.41) is 13.9. The summed E-state index contributed by atoms with van der Waals surface area (Å²) in [5.41, 5.74) is 0. The monoisotopic (exact) mass is 1030 g/mol. The van der Waals surface area contributed by atoms with E-state index < -0.39 is 26.6 Å². The Morgan fingerprint density at radius 3 is 1.24 bits per heavy atom. The zero-order valence-corrected chi connectivity index (χ0v) is 49.3. The molecule has 0 heterocycles. The molecule has 3 atom stereocenters. The van der Waals surface area contributed by atoms with Crippen LogP contribution in [0.2, 0.25) is 0 Å². The van der Waals surface area contributed by atoms with Crippen LogP contribution >= 0.6 is 7.82 Å². The third kappa shape index (κ3) is 56.2. The van der Waals surface area contributed by atoms with Gasteiger partial charge in [-0.1, -0.05) is 274 Å². The average molecular weight is 1030 g/mol. The highest BCUT2D eigenvalue weighted by Crippen LogP contribution is 2.38. The van der Waals surface area contributed by atoms with E-state index in [9.17, 15) is 19.4 Å². The molecule has 0 aliphatic rings. The fraction of sp³-hybridized carbons (Fsp3) is 0.857. The largest absolute Gasteiger partial charge is 0.756 e. The van der Waals surface area contributed by atoms with Gasteiger partial charge in [0.05, 0.1) is 39.9 Å². The lowest BCUT2D eigenvalue weighted by Gasteiger charge is -2.29. The molecule has 0 aromatic carbocycles. The van der Waals surface area contributed by atoms with Crippen LogP contribution in [0.25, 0.3) is 0 Å². The molecule has 1 amide bonds. The average Bonchev–Trinajstić information content (AvgIpc) is 3.34. The van der Waals surface area contributed by atoms with Crippen molar-refractivity contribution in [2.45, 2.75) is 309 Å². The molecule has 0 aliphatic heterocycles. The Kier molecular flexibility index (Phi) is 53.1. The normalized spacial score (nSPS) is 14.2. The van der Waals surface area contributed by atoms with Crippen LogP contribution in [0, 0.1) is 0 Å². The van der Waals surface area contributed by atoms with E-state index in [2.05, 4.69) is 55.6 Å². The van der Waals surface area contributed by atoms with E-state index in [1.165, 1.54) is 231 Å². The number of quaternary nitrogens is 1. The second kappa shape index (κ2) is 54.3. The second-order valence-corrected chi connectivity index (χ2v) is 23.8. The van der Waals surface area contributed by atoms with E-state index in [-0.39, 0.29) is 12.5 Å². The number of nitrogens with one attached hydrogen (secondary N) is 1. The van der Waals surface area contributed by atoms with Crippen molar-refractivity contribution in [3.05, 3.63) is 48.6 Å². The Morgan fingerprint density at radius 2 is 0.819 bits per heavy atom. The zero-order chi connectivity index (χ0) is 52.7. The van der Waals surface area contributed by atoms with Gasteiger partial charge in [0, 0.05) is 6.42 Å². The standard InChI is InChI=1S/C63H121N2O6P/c1-6-8-10-12-14-16-18-20-22-24-26-27-28-29-30-31-32-33-34-35-36-37-39-40-42-44-46-48-50-52-54-56-62(66)61(60-71-72(68,69)70-59-58-65(3,4)5)64-63(67)57-55-53-51-49-47-45-43-41-38-25-23-21-19-17-15-13-11-9-7-2/h15,17,21,23,46,48,54,56,61-62,66H,6-14,16,18-20,22,24-45,47,49-53,55,57-60H2,1-5H3,(H-,64,67,68,69)/b17-15-,23-21-,48-46+,56-54+. The van der Waals surface area contributed by atoms with E-state index in [1.54, 1.807) is 6.08 Å². The second-order valence-electron chi connectivity index (χ2n) is 22.4. The van der Waals surface area contributed by atoms with Gasteiger partial charge in [0.15, 0.2) is 0 Å². The molecule has 0 rings (SSSR count). The van der Waals surface area contributed by atoms with Gasteiger partial charge in [-0.3, -0.25) is 9.36 Å². The molecule has 424 valence electrons. The van der Waals surface area contributed by atoms with Gasteiger partial charge in [0.25, 0.3) is 7.82 Å². The Bertz CT molecular complexity index is 1310. The molecule has 0 saturated heterocycles. The fourth-order valence-corrected chi connectivity index (χ4v) is 9.87. The van der Waals surface area contributed by atoms with Crippen molar-refractivity contribution in [2.75, 3.05) is 40.9 Å². The summed E-state index contributed by atoms with van der Waals surface area (Å²) >= 11 is 0. The van der Waals surface area contributed by atoms with Gasteiger partial charge in [-0.2, -0.15) is 0 Å². The molecule has 8 nitrogen and oxygen atoms in total. The number of carbonyl (C=O) groups is 1. The lowest BCUT2D eigenvalue weighted by atomic mass is 10.0. The van der Waals surface area contributed by atoms with Gasteiger partial charge >= 0.3 is 0 Å². The van der Waals surface area contributed by atoms with Crippen molar-refractivity contribution in [3.8, 4) is 0 Å². The maximum absolute atomic E-state index is 13.0. The maximum atomic E-state index is 13.0. The highest BCUT2D eigenvalue weighted by molar-refractivity contribution is 7.45. The van der Waals surface area contributed by atoms with E-state index in [1.807, 2.05) is 27.2 Å². The molecule has 0 fully saturated rings. The highest BCUT2D eigenvalue weighted by atomic mass is 31.2. The fourth-order valence-electron chi connectivity index (χ4n) is 9.14. The zero-order valence-electron chi connectivity index (χ0n) is 48.4. The number of phosphoric ester groups is 1. The Balaban J connectivity index is 4.15. The molecule has 0 bridgehead atoms. The Hall–Kier alpha value is -1.54. The third-order valence-corrected chi connectivity index (χ3v) is 15.0. The molecule has 0 saturated carbocycles. The van der Waals surface area contributed by atoms with Crippen LogP contribution in [0.15, 0.2) is 48.6 Å². The Morgan fingerprint density at radius 1 is 0.486 bits per heavy atom. The number of aliphatic hydroxyl groups excluding tert-OH is 1. The molecule has 72 heavy (non-hydrogen) atoms. The summed E-state index contributed by atoms with van der Waals surface area (Å²) in [6.07, 6.45) is 72.1. The summed E-state index contributed by atoms with van der Waals surface area (Å²) in [6, 6.07) is -0.908. The first-order chi connectivity index (χ1) is 35.0. The molecular formula is C63H121N2O6P. The number of hydrogen-bond acceptors (Lipinski definition) is 6. The first-order valence-corrected chi connectivity index (χ1v) is 32.5. The lowest BCUT2D eigenvalue weighted by molar-refractivity contribution is -0.870. The van der Waals surface area contributed by atoms with Crippen LogP contribution in [0.1, 0.15) is 296 Å². The number of rotatable bonds is 57. The number of nitrogens with zero attached hydrogens (tertiary/aromatic N) is 1. The minimum atomic E-state index is -4.61. The van der Waals surface area contributed by atoms with Crippen LogP contribution in [0.4, 0.5) is 0 Å². The number of unbranched alkanes of at least 4 members (excludes halogenated alkanes) is 38. The highest BCUT2D eigenvalue weighted by Gasteiger charge is 2.23. The van der Waals surface area contributed by atoms with E-state index in [4.69, 9.17) is 9.05 Å². The summed E-state index contributed by atoms with van der Waals surface area (Å²) in [7, 11) is 1.25. The van der Waals surface area contributed by atoms with Gasteiger partial charge in [-0.25, -0.2) is 0 Å². The van der Waals surface area contributed by atoms with Crippen LogP contribution in [-0.2, 0) is 18.4 Å². The predicted molar refractivity (Wildman–Crippen MR) is 311 cm³/mol. The molecule has 0 aromatic rings. The van der Waals surface area contributed by atoms with E-state index >= 15 is 0 Å². The molecule has 0 aliphatic carbocycles. The van der Waals surface area contributed by atoms with E-state index in [0.717, 1.165) is 44.9 Å². The van der Waals surface area contributed by atoms with Crippen LogP contribution in [-0.4, -0.2) is 68.5 Å². The number of carbonyl (C=O) groups excluding carboxylic acids is 1. The summed E-state index contributed by atoms with van der Waals surface area (Å²) < 4.78 is 23.4. The van der Waals surface area contributed by atoms with Gasteiger partial charge in [-0.05, 0) is 64.2 Å². The number of amides is 1. The first-order valence-electron chi connectivity index (χ1n) is 31.0. The number of phosphoric acid groups is 1. The Labute approximate surface area is 448 Å². The predicted octanol–water partition coefficient (Wildman–Crippen LogP) is 18.5. The first kappa shape index (κ1) is 70.5. The molecule has 2 N–H and O–H groups in total. The van der Waals surface area contributed by atoms with Gasteiger partial charge < -0.3 is 28.8 Å². The molecule has 3 unspecified atom stereocenters. The quantitative estimate of drug-likeness (QED) is 0.0272. The number of hydrogen-bond donors (Lipinski definition) is 2. The van der Waals surface area contributed by atoms with Crippen molar-refractivity contribution in [2.24, 2.45) is 0 Å². The summed E-state index contributed by atoms with van der Waals surface area (Å²) in [6.45, 7) is 4.63. The van der Waals surface area contributed by atoms with Gasteiger partial charge in [0.2, 0.25) is 5.91 Å². The third-order valence-electron chi connectivity index (χ3n) is 14.0. The molecule has 0 spiro atoms. The van der Waals surface area contributed by atoms with Crippen molar-refractivity contribution in [3.63, 3.8) is 0 Å².